The Morgan fingerprint density at radius 1 is 1.44 bits per heavy atom. The molecule has 1 saturated heterocycles. The Kier molecular flexibility index (Phi) is 2.05. The largest absolute Gasteiger partial charge is 0.301 e. The summed E-state index contributed by atoms with van der Waals surface area (Å²) in [5.41, 5.74) is 0. The zero-order valence-corrected chi connectivity index (χ0v) is 6.17. The van der Waals surface area contributed by atoms with Crippen LogP contribution in [0.1, 0.15) is 6.92 Å². The van der Waals surface area contributed by atoms with Crippen LogP contribution < -0.4 is 5.84 Å². The first-order valence-electron chi connectivity index (χ1n) is 3.40. The first-order chi connectivity index (χ1) is 4.20. The van der Waals surface area contributed by atoms with Crippen LogP contribution in [0.2, 0.25) is 0 Å². The van der Waals surface area contributed by atoms with E-state index in [2.05, 4.69) is 18.9 Å². The maximum absolute atomic E-state index is 5.59. The van der Waals surface area contributed by atoms with E-state index in [0.29, 0.717) is 6.04 Å². The average molecular weight is 129 g/mol. The molecule has 3 nitrogen and oxygen atoms in total. The van der Waals surface area contributed by atoms with Gasteiger partial charge in [0.05, 0.1) is 0 Å². The van der Waals surface area contributed by atoms with Crippen LogP contribution in [0.4, 0.5) is 0 Å². The number of likely N-dealkylation sites (N-methyl/N-ethyl adjacent to an activating group) is 1. The molecule has 0 aromatic heterocycles. The van der Waals surface area contributed by atoms with Gasteiger partial charge in [-0.15, -0.1) is 0 Å². The molecule has 1 aliphatic rings. The van der Waals surface area contributed by atoms with Gasteiger partial charge >= 0.3 is 0 Å². The molecule has 0 saturated carbocycles. The summed E-state index contributed by atoms with van der Waals surface area (Å²) in [4.78, 5) is 2.32. The summed E-state index contributed by atoms with van der Waals surface area (Å²) in [6.07, 6.45) is 0. The molecular weight excluding hydrogens is 114 g/mol. The van der Waals surface area contributed by atoms with Gasteiger partial charge in [0.15, 0.2) is 0 Å². The first kappa shape index (κ1) is 6.99. The average Bonchev–Trinajstić information content (AvgIpc) is 1.80. The fourth-order valence-electron chi connectivity index (χ4n) is 1.08. The van der Waals surface area contributed by atoms with Crippen LogP contribution in [0, 0.1) is 0 Å². The molecule has 3 heteroatoms. The van der Waals surface area contributed by atoms with Crippen LogP contribution in [0.5, 0.6) is 0 Å². The van der Waals surface area contributed by atoms with Gasteiger partial charge in [0.25, 0.3) is 0 Å². The topological polar surface area (TPSA) is 32.5 Å². The number of hydrogen-bond acceptors (Lipinski definition) is 3. The van der Waals surface area contributed by atoms with Gasteiger partial charge in [-0.25, -0.2) is 5.01 Å². The van der Waals surface area contributed by atoms with E-state index in [1.807, 2.05) is 5.01 Å². The van der Waals surface area contributed by atoms with Gasteiger partial charge < -0.3 is 4.90 Å². The molecule has 0 aromatic rings. The van der Waals surface area contributed by atoms with E-state index in [-0.39, 0.29) is 0 Å². The maximum atomic E-state index is 5.59. The van der Waals surface area contributed by atoms with Crippen molar-refractivity contribution in [1.29, 1.82) is 0 Å². The summed E-state index contributed by atoms with van der Waals surface area (Å²) in [6.45, 7) is 5.29. The predicted molar refractivity (Wildman–Crippen MR) is 37.9 cm³/mol. The van der Waals surface area contributed by atoms with Gasteiger partial charge in [0.2, 0.25) is 0 Å². The number of nitrogens with zero attached hydrogens (tertiary/aromatic N) is 2. The lowest BCUT2D eigenvalue weighted by molar-refractivity contribution is 0.106. The minimum absolute atomic E-state index is 0.615. The van der Waals surface area contributed by atoms with Gasteiger partial charge in [0.1, 0.15) is 0 Å². The fourth-order valence-corrected chi connectivity index (χ4v) is 1.08. The van der Waals surface area contributed by atoms with Crippen LogP contribution in [0.25, 0.3) is 0 Å². The van der Waals surface area contributed by atoms with E-state index in [9.17, 15) is 0 Å². The second-order valence-electron chi connectivity index (χ2n) is 2.82. The van der Waals surface area contributed by atoms with Crippen molar-refractivity contribution in [3.63, 3.8) is 0 Å². The van der Waals surface area contributed by atoms with Gasteiger partial charge in [-0.05, 0) is 14.0 Å². The van der Waals surface area contributed by atoms with Crippen LogP contribution in [0.3, 0.4) is 0 Å². The molecule has 0 unspecified atom stereocenters. The molecule has 0 aliphatic carbocycles. The minimum Gasteiger partial charge on any atom is -0.301 e. The third kappa shape index (κ3) is 1.64. The monoisotopic (exact) mass is 129 g/mol. The summed E-state index contributed by atoms with van der Waals surface area (Å²) in [7, 11) is 2.14. The first-order valence-corrected chi connectivity index (χ1v) is 3.40. The Hall–Kier alpha value is -0.120. The smallest absolute Gasteiger partial charge is 0.0282 e. The third-order valence-corrected chi connectivity index (χ3v) is 1.99. The maximum Gasteiger partial charge on any atom is 0.0282 e. The number of hydrogen-bond donors (Lipinski definition) is 1. The molecule has 9 heavy (non-hydrogen) atoms. The quantitative estimate of drug-likeness (QED) is 0.447. The Morgan fingerprint density at radius 2 is 2.11 bits per heavy atom. The van der Waals surface area contributed by atoms with Crippen molar-refractivity contribution >= 4 is 0 Å². The summed E-state index contributed by atoms with van der Waals surface area (Å²) in [5.74, 6) is 5.59. The molecule has 1 heterocycles. The van der Waals surface area contributed by atoms with Crippen molar-refractivity contribution in [1.82, 2.24) is 9.91 Å². The van der Waals surface area contributed by atoms with Crippen LogP contribution >= 0.6 is 0 Å². The highest BCUT2D eigenvalue weighted by Gasteiger charge is 2.17. The van der Waals surface area contributed by atoms with Crippen molar-refractivity contribution in [2.24, 2.45) is 5.84 Å². The van der Waals surface area contributed by atoms with E-state index >= 15 is 0 Å². The van der Waals surface area contributed by atoms with E-state index < -0.39 is 0 Å². The Balaban J connectivity index is 2.35. The van der Waals surface area contributed by atoms with Gasteiger partial charge in [-0.3, -0.25) is 5.84 Å². The highest BCUT2D eigenvalue weighted by Crippen LogP contribution is 2.01. The van der Waals surface area contributed by atoms with Crippen LogP contribution in [0.15, 0.2) is 0 Å². The van der Waals surface area contributed by atoms with Crippen molar-refractivity contribution in [2.45, 2.75) is 13.0 Å². The number of rotatable bonds is 0. The minimum atomic E-state index is 0.615. The van der Waals surface area contributed by atoms with Gasteiger partial charge in [-0.2, -0.15) is 0 Å². The molecule has 1 atom stereocenters. The molecule has 0 amide bonds. The molecule has 1 aliphatic heterocycles. The Bertz CT molecular complexity index is 94.3. The summed E-state index contributed by atoms with van der Waals surface area (Å²) in [5, 5.41) is 1.88. The third-order valence-electron chi connectivity index (χ3n) is 1.99. The molecule has 1 fully saturated rings. The Labute approximate surface area is 56.4 Å². The summed E-state index contributed by atoms with van der Waals surface area (Å²) >= 11 is 0. The second kappa shape index (κ2) is 2.64. The Morgan fingerprint density at radius 3 is 2.56 bits per heavy atom. The molecular formula is C6H15N3. The predicted octanol–water partition coefficient (Wildman–Crippen LogP) is -0.504. The number of piperazine rings is 1. The summed E-state index contributed by atoms with van der Waals surface area (Å²) < 4.78 is 0. The SMILES string of the molecule is C[C@@H]1CN(N)CCN1C. The fraction of sp³-hybridized carbons (Fsp3) is 1.00. The molecule has 2 N–H and O–H groups in total. The molecule has 54 valence electrons. The van der Waals surface area contributed by atoms with E-state index in [1.54, 1.807) is 0 Å². The van der Waals surface area contributed by atoms with Crippen molar-refractivity contribution < 1.29 is 0 Å². The van der Waals surface area contributed by atoms with E-state index in [0.717, 1.165) is 19.6 Å². The lowest BCUT2D eigenvalue weighted by Crippen LogP contribution is -2.52. The lowest BCUT2D eigenvalue weighted by Gasteiger charge is -2.34. The van der Waals surface area contributed by atoms with Gasteiger partial charge in [0, 0.05) is 25.7 Å². The zero-order chi connectivity index (χ0) is 6.85. The van der Waals surface area contributed by atoms with E-state index in [4.69, 9.17) is 5.84 Å². The molecule has 1 rings (SSSR count). The van der Waals surface area contributed by atoms with E-state index in [1.165, 1.54) is 0 Å². The standard InChI is InChI=1S/C6H15N3/c1-6-5-9(7)4-3-8(6)2/h6H,3-5,7H2,1-2H3/t6-/m1/s1. The van der Waals surface area contributed by atoms with Crippen LogP contribution in [-0.2, 0) is 0 Å². The molecule has 0 bridgehead atoms. The molecule has 0 spiro atoms. The highest BCUT2D eigenvalue weighted by atomic mass is 15.4. The zero-order valence-electron chi connectivity index (χ0n) is 6.17. The van der Waals surface area contributed by atoms with Gasteiger partial charge in [-0.1, -0.05) is 0 Å². The van der Waals surface area contributed by atoms with Crippen molar-refractivity contribution in [3.8, 4) is 0 Å². The summed E-state index contributed by atoms with van der Waals surface area (Å²) in [6, 6.07) is 0.615. The normalized spacial score (nSPS) is 33.0. The van der Waals surface area contributed by atoms with Crippen molar-refractivity contribution in [2.75, 3.05) is 26.7 Å². The number of nitrogens with two attached hydrogens (primary N) is 1. The lowest BCUT2D eigenvalue weighted by atomic mass is 10.2. The molecule has 0 aromatic carbocycles. The molecule has 0 radical (unpaired) electrons. The van der Waals surface area contributed by atoms with Crippen molar-refractivity contribution in [3.05, 3.63) is 0 Å². The number of hydrazine groups is 1. The van der Waals surface area contributed by atoms with Crippen LogP contribution in [-0.4, -0.2) is 42.6 Å². The second-order valence-corrected chi connectivity index (χ2v) is 2.82. The highest BCUT2D eigenvalue weighted by molar-refractivity contribution is 4.72.